The summed E-state index contributed by atoms with van der Waals surface area (Å²) >= 11 is 0. The van der Waals surface area contributed by atoms with Crippen molar-refractivity contribution in [3.8, 4) is 11.1 Å². The van der Waals surface area contributed by atoms with E-state index in [-0.39, 0.29) is 24.9 Å². The molecule has 3 aromatic rings. The molecule has 0 saturated carbocycles. The molecule has 0 N–H and O–H groups in total. The van der Waals surface area contributed by atoms with Gasteiger partial charge in [0.05, 0.1) is 29.9 Å². The lowest BCUT2D eigenvalue weighted by Gasteiger charge is -2.32. The van der Waals surface area contributed by atoms with Crippen LogP contribution in [0.15, 0.2) is 48.8 Å². The minimum Gasteiger partial charge on any atom is -0.460 e. The molecule has 0 unspecified atom stereocenters. The highest BCUT2D eigenvalue weighted by Gasteiger charge is 2.35. The Kier molecular flexibility index (Phi) is 6.16. The largest absolute Gasteiger partial charge is 0.460 e. The Morgan fingerprint density at radius 1 is 1.14 bits per heavy atom. The Bertz CT molecular complexity index is 1260. The van der Waals surface area contributed by atoms with Gasteiger partial charge in [0, 0.05) is 24.0 Å². The Hall–Kier alpha value is -3.69. The lowest BCUT2D eigenvalue weighted by Crippen LogP contribution is -2.42. The second kappa shape index (κ2) is 8.83. The van der Waals surface area contributed by atoms with E-state index >= 15 is 0 Å². The van der Waals surface area contributed by atoms with E-state index in [1.165, 1.54) is 17.0 Å². The maximum atomic E-state index is 13.5. The number of benzene rings is 1. The minimum atomic E-state index is -4.46. The predicted octanol–water partition coefficient (Wildman–Crippen LogP) is 5.07. The van der Waals surface area contributed by atoms with Gasteiger partial charge in [-0.1, -0.05) is 0 Å². The van der Waals surface area contributed by atoms with Gasteiger partial charge in [-0.2, -0.15) is 18.3 Å². The van der Waals surface area contributed by atoms with Gasteiger partial charge in [-0.15, -0.1) is 0 Å². The molecule has 1 aromatic carbocycles. The van der Waals surface area contributed by atoms with Crippen LogP contribution in [0.2, 0.25) is 0 Å². The van der Waals surface area contributed by atoms with E-state index in [1.807, 2.05) is 6.92 Å². The molecule has 3 heterocycles. The summed E-state index contributed by atoms with van der Waals surface area (Å²) < 4.78 is 45.9. The molecule has 10 heteroatoms. The van der Waals surface area contributed by atoms with E-state index in [9.17, 15) is 22.8 Å². The number of rotatable bonds is 4. The molecule has 1 aliphatic heterocycles. The summed E-state index contributed by atoms with van der Waals surface area (Å²) in [5.41, 5.74) is 0.962. The van der Waals surface area contributed by atoms with Gasteiger partial charge in [-0.25, -0.2) is 0 Å². The molecule has 7 nitrogen and oxygen atoms in total. The Labute approximate surface area is 200 Å². The van der Waals surface area contributed by atoms with Crippen molar-refractivity contribution in [1.29, 1.82) is 0 Å². The number of fused-ring (bicyclic) bond motifs is 1. The molecule has 0 spiro atoms. The lowest BCUT2D eigenvalue weighted by atomic mass is 10.0. The second-order valence-corrected chi connectivity index (χ2v) is 9.46. The van der Waals surface area contributed by atoms with Crippen LogP contribution in [0.5, 0.6) is 0 Å². The van der Waals surface area contributed by atoms with Crippen LogP contribution in [-0.2, 0) is 22.1 Å². The average molecular weight is 486 g/mol. The van der Waals surface area contributed by atoms with E-state index < -0.39 is 23.3 Å². The minimum absolute atomic E-state index is 0.0311. The van der Waals surface area contributed by atoms with Crippen molar-refractivity contribution in [3.05, 3.63) is 65.7 Å². The average Bonchev–Trinajstić information content (AvgIpc) is 3.21. The molecule has 1 aliphatic rings. The molecule has 0 bridgehead atoms. The maximum Gasteiger partial charge on any atom is 0.416 e. The highest BCUT2D eigenvalue weighted by molar-refractivity contribution is 6.09. The quantitative estimate of drug-likeness (QED) is 0.482. The second-order valence-electron chi connectivity index (χ2n) is 9.46. The summed E-state index contributed by atoms with van der Waals surface area (Å²) in [6.07, 6.45) is -1.37. The number of amides is 1. The van der Waals surface area contributed by atoms with Gasteiger partial charge in [0.1, 0.15) is 11.3 Å². The van der Waals surface area contributed by atoms with Crippen LogP contribution in [0.3, 0.4) is 0 Å². The van der Waals surface area contributed by atoms with E-state index in [1.54, 1.807) is 50.0 Å². The first-order valence-corrected chi connectivity index (χ1v) is 11.1. The van der Waals surface area contributed by atoms with Crippen LogP contribution in [0, 0.1) is 0 Å². The van der Waals surface area contributed by atoms with Crippen LogP contribution in [0.25, 0.3) is 11.1 Å². The number of carbonyl (C=O) groups excluding carboxylic acids is 2. The Morgan fingerprint density at radius 3 is 2.46 bits per heavy atom. The third-order valence-electron chi connectivity index (χ3n) is 5.49. The number of esters is 1. The summed E-state index contributed by atoms with van der Waals surface area (Å²) in [7, 11) is 0. The first-order chi connectivity index (χ1) is 16.3. The fourth-order valence-corrected chi connectivity index (χ4v) is 3.99. The SMILES string of the molecule is C[C@H]1CN(c2ccc(C(F)(F)F)cc2)C(=O)c2c(-c3ccnc(CC(=O)OC(C)(C)C)c3)cnn21. The number of aromatic nitrogens is 3. The van der Waals surface area contributed by atoms with Crippen LogP contribution in [-0.4, -0.2) is 38.8 Å². The standard InChI is InChI=1S/C25H25F3N4O3/c1-15-14-31(19-7-5-17(6-8-19)25(26,27)28)23(34)22-20(13-30-32(15)22)16-9-10-29-18(11-16)12-21(33)35-24(2,3)4/h5-11,13,15H,12,14H2,1-4H3/t15-/m0/s1. The zero-order valence-corrected chi connectivity index (χ0v) is 19.8. The summed E-state index contributed by atoms with van der Waals surface area (Å²) in [6.45, 7) is 7.48. The van der Waals surface area contributed by atoms with E-state index in [2.05, 4.69) is 10.1 Å². The third-order valence-corrected chi connectivity index (χ3v) is 5.49. The highest BCUT2D eigenvalue weighted by Crippen LogP contribution is 2.35. The van der Waals surface area contributed by atoms with Crippen LogP contribution >= 0.6 is 0 Å². The summed E-state index contributed by atoms with van der Waals surface area (Å²) in [6, 6.07) is 7.73. The number of carbonyl (C=O) groups is 2. The molecular formula is C25H25F3N4O3. The number of ether oxygens (including phenoxy) is 1. The molecule has 2 aromatic heterocycles. The number of alkyl halides is 3. The van der Waals surface area contributed by atoms with Crippen LogP contribution in [0.1, 0.15) is 55.5 Å². The van der Waals surface area contributed by atoms with E-state index in [0.29, 0.717) is 28.2 Å². The van der Waals surface area contributed by atoms with Crippen molar-refractivity contribution in [2.24, 2.45) is 0 Å². The van der Waals surface area contributed by atoms with Crippen LogP contribution < -0.4 is 4.90 Å². The van der Waals surface area contributed by atoms with Gasteiger partial charge < -0.3 is 9.64 Å². The lowest BCUT2D eigenvalue weighted by molar-refractivity contribution is -0.154. The molecule has 35 heavy (non-hydrogen) atoms. The summed E-state index contributed by atoms with van der Waals surface area (Å²) in [4.78, 5) is 31.4. The zero-order valence-electron chi connectivity index (χ0n) is 19.8. The Balaban J connectivity index is 1.64. The number of anilines is 1. The van der Waals surface area contributed by atoms with Crippen molar-refractivity contribution in [2.45, 2.75) is 51.9 Å². The number of nitrogens with zero attached hydrogens (tertiary/aromatic N) is 4. The number of pyridine rings is 1. The number of hydrogen-bond acceptors (Lipinski definition) is 5. The van der Waals surface area contributed by atoms with Crippen molar-refractivity contribution in [1.82, 2.24) is 14.8 Å². The fourth-order valence-electron chi connectivity index (χ4n) is 3.99. The number of hydrogen-bond donors (Lipinski definition) is 0. The molecule has 1 atom stereocenters. The van der Waals surface area contributed by atoms with Gasteiger partial charge in [-0.05, 0) is 69.7 Å². The topological polar surface area (TPSA) is 77.3 Å². The van der Waals surface area contributed by atoms with Crippen molar-refractivity contribution < 1.29 is 27.5 Å². The van der Waals surface area contributed by atoms with Crippen molar-refractivity contribution in [3.63, 3.8) is 0 Å². The first kappa shape index (κ1) is 24.4. The molecule has 0 fully saturated rings. The van der Waals surface area contributed by atoms with Crippen molar-refractivity contribution in [2.75, 3.05) is 11.4 Å². The molecule has 1 amide bonds. The molecule has 4 rings (SSSR count). The van der Waals surface area contributed by atoms with Gasteiger partial charge in [0.25, 0.3) is 5.91 Å². The van der Waals surface area contributed by atoms with Crippen LogP contribution in [0.4, 0.5) is 18.9 Å². The zero-order chi connectivity index (χ0) is 25.5. The third kappa shape index (κ3) is 5.21. The van der Waals surface area contributed by atoms with Gasteiger partial charge in [0.15, 0.2) is 0 Å². The molecule has 0 saturated heterocycles. The normalized spacial score (nSPS) is 16.3. The smallest absolute Gasteiger partial charge is 0.416 e. The Morgan fingerprint density at radius 2 is 1.83 bits per heavy atom. The first-order valence-electron chi connectivity index (χ1n) is 11.1. The predicted molar refractivity (Wildman–Crippen MR) is 123 cm³/mol. The van der Waals surface area contributed by atoms with Gasteiger partial charge in [0.2, 0.25) is 0 Å². The molecule has 0 radical (unpaired) electrons. The van der Waals surface area contributed by atoms with E-state index in [4.69, 9.17) is 4.74 Å². The van der Waals surface area contributed by atoms with Gasteiger partial charge >= 0.3 is 12.1 Å². The fraction of sp³-hybridized carbons (Fsp3) is 0.360. The van der Waals surface area contributed by atoms with Gasteiger partial charge in [-0.3, -0.25) is 19.3 Å². The summed E-state index contributed by atoms with van der Waals surface area (Å²) in [5, 5.41) is 4.39. The molecule has 0 aliphatic carbocycles. The summed E-state index contributed by atoms with van der Waals surface area (Å²) in [5.74, 6) is -0.793. The monoisotopic (exact) mass is 486 g/mol. The molecule has 184 valence electrons. The van der Waals surface area contributed by atoms with E-state index in [0.717, 1.165) is 12.1 Å². The number of halogens is 3. The maximum absolute atomic E-state index is 13.5. The van der Waals surface area contributed by atoms with Crippen molar-refractivity contribution >= 4 is 17.6 Å². The highest BCUT2D eigenvalue weighted by atomic mass is 19.4. The molecular weight excluding hydrogens is 461 g/mol.